The predicted molar refractivity (Wildman–Crippen MR) is 51.3 cm³/mol. The van der Waals surface area contributed by atoms with Gasteiger partial charge in [-0.15, -0.1) is 0 Å². The van der Waals surface area contributed by atoms with Gasteiger partial charge in [0.05, 0.1) is 6.20 Å². The smallest absolute Gasteiger partial charge is 0.268 e. The number of rotatable bonds is 1. The third-order valence-electron chi connectivity index (χ3n) is 1.83. The number of nitrogens with two attached hydrogens (primary N) is 1. The van der Waals surface area contributed by atoms with Gasteiger partial charge < -0.3 is 5.73 Å². The van der Waals surface area contributed by atoms with Crippen molar-refractivity contribution in [2.75, 3.05) is 0 Å². The van der Waals surface area contributed by atoms with Crippen molar-refractivity contribution < 1.29 is 4.79 Å². The van der Waals surface area contributed by atoms with E-state index in [1.807, 2.05) is 6.92 Å². The van der Waals surface area contributed by atoms with Crippen molar-refractivity contribution in [3.05, 3.63) is 28.7 Å². The monoisotopic (exact) mass is 210 g/mol. The average Bonchev–Trinajstić information content (AvgIpc) is 2.48. The molecule has 2 N–H and O–H groups in total. The van der Waals surface area contributed by atoms with Gasteiger partial charge in [0.15, 0.2) is 10.8 Å². The molecule has 0 fully saturated rings. The van der Waals surface area contributed by atoms with Crippen molar-refractivity contribution in [1.29, 1.82) is 0 Å². The van der Waals surface area contributed by atoms with Gasteiger partial charge in [0.25, 0.3) is 5.91 Å². The number of halogens is 1. The van der Waals surface area contributed by atoms with Crippen LogP contribution in [0.3, 0.4) is 0 Å². The molecule has 0 aromatic carbocycles. The first-order valence-electron chi connectivity index (χ1n) is 3.90. The number of nitrogens with zero attached hydrogens (tertiary/aromatic N) is 3. The largest absolute Gasteiger partial charge is 0.364 e. The van der Waals surface area contributed by atoms with Crippen molar-refractivity contribution in [2.45, 2.75) is 6.92 Å². The summed E-state index contributed by atoms with van der Waals surface area (Å²) in [6, 6.07) is 1.74. The minimum atomic E-state index is -0.579. The summed E-state index contributed by atoms with van der Waals surface area (Å²) in [5.41, 5.74) is 6.62. The van der Waals surface area contributed by atoms with Gasteiger partial charge in [-0.25, -0.2) is 9.50 Å². The Morgan fingerprint density at radius 2 is 2.36 bits per heavy atom. The molecule has 2 aromatic rings. The summed E-state index contributed by atoms with van der Waals surface area (Å²) >= 11 is 5.80. The van der Waals surface area contributed by atoms with E-state index in [0.717, 1.165) is 5.56 Å². The molecule has 14 heavy (non-hydrogen) atoms. The molecule has 0 saturated heterocycles. The maximum absolute atomic E-state index is 10.8. The van der Waals surface area contributed by atoms with E-state index in [2.05, 4.69) is 10.1 Å². The van der Waals surface area contributed by atoms with E-state index in [-0.39, 0.29) is 5.69 Å². The number of carbonyl (C=O) groups is 1. The number of aromatic nitrogens is 3. The first-order chi connectivity index (χ1) is 6.58. The summed E-state index contributed by atoms with van der Waals surface area (Å²) < 4.78 is 1.43. The highest BCUT2D eigenvalue weighted by atomic mass is 35.5. The minimum Gasteiger partial charge on any atom is -0.364 e. The summed E-state index contributed by atoms with van der Waals surface area (Å²) in [4.78, 5) is 14.8. The molecule has 0 spiro atoms. The van der Waals surface area contributed by atoms with E-state index in [1.165, 1.54) is 10.7 Å². The van der Waals surface area contributed by atoms with Gasteiger partial charge in [-0.3, -0.25) is 4.79 Å². The number of hydrogen-bond acceptors (Lipinski definition) is 3. The second kappa shape index (κ2) is 2.95. The van der Waals surface area contributed by atoms with Crippen LogP contribution in [-0.2, 0) is 0 Å². The van der Waals surface area contributed by atoms with Crippen molar-refractivity contribution in [3.8, 4) is 0 Å². The summed E-state index contributed by atoms with van der Waals surface area (Å²) in [6.45, 7) is 1.81. The standard InChI is InChI=1S/C8H7ClN4O/c1-4-2-6-11-5(8(10)14)3-13(6)12-7(4)9/h2-3H,1H3,(H2,10,14). The van der Waals surface area contributed by atoms with E-state index in [1.54, 1.807) is 6.07 Å². The van der Waals surface area contributed by atoms with E-state index in [4.69, 9.17) is 17.3 Å². The zero-order valence-electron chi connectivity index (χ0n) is 7.36. The molecular weight excluding hydrogens is 204 g/mol. The Bertz CT molecular complexity index is 480. The fourth-order valence-corrected chi connectivity index (χ4v) is 1.25. The maximum atomic E-state index is 10.8. The van der Waals surface area contributed by atoms with E-state index in [0.29, 0.717) is 10.8 Å². The van der Waals surface area contributed by atoms with Crippen molar-refractivity contribution in [3.63, 3.8) is 0 Å². The van der Waals surface area contributed by atoms with Gasteiger partial charge in [-0.05, 0) is 18.6 Å². The predicted octanol–water partition coefficient (Wildman–Crippen LogP) is 0.790. The third-order valence-corrected chi connectivity index (χ3v) is 2.21. The fraction of sp³-hybridized carbons (Fsp3) is 0.125. The molecule has 5 nitrogen and oxygen atoms in total. The van der Waals surface area contributed by atoms with Gasteiger partial charge in [-0.2, -0.15) is 5.10 Å². The van der Waals surface area contributed by atoms with Crippen molar-refractivity contribution in [2.24, 2.45) is 5.73 Å². The van der Waals surface area contributed by atoms with Crippen LogP contribution in [0.5, 0.6) is 0 Å². The quantitative estimate of drug-likeness (QED) is 0.756. The van der Waals surface area contributed by atoms with E-state index < -0.39 is 5.91 Å². The van der Waals surface area contributed by atoms with E-state index >= 15 is 0 Å². The molecule has 0 atom stereocenters. The zero-order chi connectivity index (χ0) is 10.3. The fourth-order valence-electron chi connectivity index (χ4n) is 1.11. The highest BCUT2D eigenvalue weighted by Gasteiger charge is 2.08. The first-order valence-corrected chi connectivity index (χ1v) is 4.28. The van der Waals surface area contributed by atoms with Crippen LogP contribution in [0.4, 0.5) is 0 Å². The molecule has 0 aliphatic carbocycles. The highest BCUT2D eigenvalue weighted by molar-refractivity contribution is 6.30. The summed E-state index contributed by atoms with van der Waals surface area (Å²) in [5.74, 6) is -0.579. The van der Waals surface area contributed by atoms with Crippen LogP contribution in [0.25, 0.3) is 5.65 Å². The lowest BCUT2D eigenvalue weighted by Crippen LogP contribution is -2.10. The number of aryl methyl sites for hydroxylation is 1. The minimum absolute atomic E-state index is 0.180. The molecule has 0 aliphatic heterocycles. The molecule has 1 amide bonds. The van der Waals surface area contributed by atoms with Gasteiger partial charge in [-0.1, -0.05) is 11.6 Å². The number of hydrogen-bond donors (Lipinski definition) is 1. The zero-order valence-corrected chi connectivity index (χ0v) is 8.12. The molecule has 6 heteroatoms. The third kappa shape index (κ3) is 1.31. The number of primary amides is 1. The normalized spacial score (nSPS) is 10.7. The molecule has 0 bridgehead atoms. The van der Waals surface area contributed by atoms with Crippen molar-refractivity contribution >= 4 is 23.2 Å². The van der Waals surface area contributed by atoms with Gasteiger partial charge in [0.1, 0.15) is 5.69 Å². The molecular formula is C8H7ClN4O. The van der Waals surface area contributed by atoms with Crippen LogP contribution in [-0.4, -0.2) is 20.5 Å². The molecule has 2 rings (SSSR count). The number of carbonyl (C=O) groups excluding carboxylic acids is 1. The van der Waals surface area contributed by atoms with E-state index in [9.17, 15) is 4.79 Å². The Kier molecular flexibility index (Phi) is 1.89. The maximum Gasteiger partial charge on any atom is 0.268 e. The lowest BCUT2D eigenvalue weighted by Gasteiger charge is -1.96. The second-order valence-corrected chi connectivity index (χ2v) is 3.27. The molecule has 0 unspecified atom stereocenters. The Hall–Kier alpha value is -1.62. The lowest BCUT2D eigenvalue weighted by atomic mass is 10.3. The highest BCUT2D eigenvalue weighted by Crippen LogP contribution is 2.13. The number of fused-ring (bicyclic) bond motifs is 1. The van der Waals surface area contributed by atoms with Crippen LogP contribution < -0.4 is 5.73 Å². The SMILES string of the molecule is Cc1cc2nc(C(N)=O)cn2nc1Cl. The molecule has 0 saturated carbocycles. The van der Waals surface area contributed by atoms with Crippen molar-refractivity contribution in [1.82, 2.24) is 14.6 Å². The molecule has 0 radical (unpaired) electrons. The van der Waals surface area contributed by atoms with Gasteiger partial charge >= 0.3 is 0 Å². The molecule has 2 aromatic heterocycles. The van der Waals surface area contributed by atoms with Gasteiger partial charge in [0.2, 0.25) is 0 Å². The molecule has 72 valence electrons. The Labute approximate surface area is 84.5 Å². The lowest BCUT2D eigenvalue weighted by molar-refractivity contribution is 0.0996. The second-order valence-electron chi connectivity index (χ2n) is 2.91. The Balaban J connectivity index is 2.72. The Morgan fingerprint density at radius 1 is 1.64 bits per heavy atom. The summed E-state index contributed by atoms with van der Waals surface area (Å²) in [7, 11) is 0. The van der Waals surface area contributed by atoms with Crippen LogP contribution in [0.2, 0.25) is 5.15 Å². The average molecular weight is 211 g/mol. The first kappa shape index (κ1) is 8.96. The number of imidazole rings is 1. The van der Waals surface area contributed by atoms with Gasteiger partial charge in [0, 0.05) is 0 Å². The van der Waals surface area contributed by atoms with Crippen LogP contribution >= 0.6 is 11.6 Å². The molecule has 2 heterocycles. The van der Waals surface area contributed by atoms with Crippen LogP contribution in [0.15, 0.2) is 12.3 Å². The molecule has 0 aliphatic rings. The number of amides is 1. The topological polar surface area (TPSA) is 73.3 Å². The Morgan fingerprint density at radius 3 is 3.00 bits per heavy atom. The van der Waals surface area contributed by atoms with Crippen LogP contribution in [0, 0.1) is 6.92 Å². The summed E-state index contributed by atoms with van der Waals surface area (Å²) in [6.07, 6.45) is 1.45. The van der Waals surface area contributed by atoms with Crippen LogP contribution in [0.1, 0.15) is 16.1 Å². The summed E-state index contributed by atoms with van der Waals surface area (Å²) in [5, 5.41) is 4.37.